The molecule has 148 valence electrons. The van der Waals surface area contributed by atoms with E-state index in [4.69, 9.17) is 4.74 Å². The standard InChI is InChI=1S/C20H24N4O4/c1-22(2)18-8-5-16(13-19(18)24(26)27)20(25)21-17-6-3-15(4-7-17)14-23-9-11-28-12-10-23/h3-8,13H,9-12,14H2,1-2H3,(H,21,25). The van der Waals surface area contributed by atoms with E-state index in [-0.39, 0.29) is 17.2 Å². The maximum absolute atomic E-state index is 12.5. The molecule has 0 aromatic heterocycles. The number of ether oxygens (including phenoxy) is 1. The highest BCUT2D eigenvalue weighted by molar-refractivity contribution is 6.05. The average Bonchev–Trinajstić information content (AvgIpc) is 2.69. The lowest BCUT2D eigenvalue weighted by atomic mass is 10.1. The first-order chi connectivity index (χ1) is 13.4. The summed E-state index contributed by atoms with van der Waals surface area (Å²) in [5.74, 6) is -0.380. The normalized spacial score (nSPS) is 14.5. The third-order valence-corrected chi connectivity index (χ3v) is 4.64. The summed E-state index contributed by atoms with van der Waals surface area (Å²) >= 11 is 0. The van der Waals surface area contributed by atoms with Crippen molar-refractivity contribution >= 4 is 23.0 Å². The van der Waals surface area contributed by atoms with Crippen molar-refractivity contribution in [1.82, 2.24) is 4.90 Å². The predicted molar refractivity (Wildman–Crippen MR) is 108 cm³/mol. The van der Waals surface area contributed by atoms with Crippen LogP contribution in [-0.2, 0) is 11.3 Å². The second kappa shape index (κ2) is 8.81. The minimum atomic E-state index is -0.480. The van der Waals surface area contributed by atoms with Crippen LogP contribution in [0.15, 0.2) is 42.5 Å². The number of nitrogens with zero attached hydrogens (tertiary/aromatic N) is 3. The van der Waals surface area contributed by atoms with E-state index in [9.17, 15) is 14.9 Å². The lowest BCUT2D eigenvalue weighted by Crippen LogP contribution is -2.35. The molecule has 1 aliphatic rings. The summed E-state index contributed by atoms with van der Waals surface area (Å²) in [5.41, 5.74) is 2.41. The number of carbonyl (C=O) groups excluding carboxylic acids is 1. The van der Waals surface area contributed by atoms with Gasteiger partial charge in [0.15, 0.2) is 0 Å². The molecule has 0 aliphatic carbocycles. The number of morpholine rings is 1. The lowest BCUT2D eigenvalue weighted by Gasteiger charge is -2.26. The molecule has 1 fully saturated rings. The van der Waals surface area contributed by atoms with Crippen LogP contribution in [0.5, 0.6) is 0 Å². The summed E-state index contributed by atoms with van der Waals surface area (Å²) in [6.07, 6.45) is 0. The molecule has 0 atom stereocenters. The number of carbonyl (C=O) groups is 1. The van der Waals surface area contributed by atoms with Gasteiger partial charge in [-0.25, -0.2) is 0 Å². The van der Waals surface area contributed by atoms with Crippen molar-refractivity contribution in [2.75, 3.05) is 50.6 Å². The number of hydrogen-bond acceptors (Lipinski definition) is 6. The van der Waals surface area contributed by atoms with Crippen LogP contribution in [0, 0.1) is 10.1 Å². The van der Waals surface area contributed by atoms with E-state index >= 15 is 0 Å². The Morgan fingerprint density at radius 2 is 1.86 bits per heavy atom. The number of rotatable bonds is 6. The van der Waals surface area contributed by atoms with Gasteiger partial charge >= 0.3 is 0 Å². The summed E-state index contributed by atoms with van der Waals surface area (Å²) < 4.78 is 5.35. The fourth-order valence-corrected chi connectivity index (χ4v) is 3.10. The smallest absolute Gasteiger partial charge is 0.293 e. The Morgan fingerprint density at radius 3 is 2.46 bits per heavy atom. The number of benzene rings is 2. The summed E-state index contributed by atoms with van der Waals surface area (Å²) in [6.45, 7) is 4.19. The molecule has 1 aliphatic heterocycles. The Bertz CT molecular complexity index is 846. The molecule has 8 heteroatoms. The van der Waals surface area contributed by atoms with Gasteiger partial charge in [-0.3, -0.25) is 19.8 Å². The van der Waals surface area contributed by atoms with Crippen LogP contribution in [0.3, 0.4) is 0 Å². The van der Waals surface area contributed by atoms with Gasteiger partial charge in [-0.1, -0.05) is 12.1 Å². The maximum atomic E-state index is 12.5. The molecule has 0 spiro atoms. The van der Waals surface area contributed by atoms with Crippen molar-refractivity contribution in [2.24, 2.45) is 0 Å². The van der Waals surface area contributed by atoms with Gasteiger partial charge in [-0.2, -0.15) is 0 Å². The SMILES string of the molecule is CN(C)c1ccc(C(=O)Nc2ccc(CN3CCOCC3)cc2)cc1[N+](=O)[O-]. The first kappa shape index (κ1) is 19.8. The molecule has 0 bridgehead atoms. The molecule has 3 rings (SSSR count). The van der Waals surface area contributed by atoms with E-state index in [0.29, 0.717) is 11.4 Å². The second-order valence-electron chi connectivity index (χ2n) is 6.89. The monoisotopic (exact) mass is 384 g/mol. The third kappa shape index (κ3) is 4.85. The molecule has 2 aromatic rings. The highest BCUT2D eigenvalue weighted by atomic mass is 16.6. The molecular formula is C20H24N4O4. The first-order valence-electron chi connectivity index (χ1n) is 9.10. The highest BCUT2D eigenvalue weighted by Crippen LogP contribution is 2.28. The summed E-state index contributed by atoms with van der Waals surface area (Å²) in [4.78, 5) is 27.3. The van der Waals surface area contributed by atoms with Crippen LogP contribution in [0.2, 0.25) is 0 Å². The molecule has 1 N–H and O–H groups in total. The van der Waals surface area contributed by atoms with Crippen LogP contribution in [0.4, 0.5) is 17.1 Å². The molecule has 0 radical (unpaired) electrons. The fraction of sp³-hybridized carbons (Fsp3) is 0.350. The number of amides is 1. The van der Waals surface area contributed by atoms with Crippen LogP contribution in [0.1, 0.15) is 15.9 Å². The van der Waals surface area contributed by atoms with Crippen LogP contribution >= 0.6 is 0 Å². The largest absolute Gasteiger partial charge is 0.379 e. The first-order valence-corrected chi connectivity index (χ1v) is 9.10. The van der Waals surface area contributed by atoms with Crippen LogP contribution in [-0.4, -0.2) is 56.1 Å². The average molecular weight is 384 g/mol. The van der Waals surface area contributed by atoms with Gasteiger partial charge in [0.05, 0.1) is 18.1 Å². The van der Waals surface area contributed by atoms with Gasteiger partial charge < -0.3 is 15.0 Å². The lowest BCUT2D eigenvalue weighted by molar-refractivity contribution is -0.384. The number of anilines is 2. The van der Waals surface area contributed by atoms with E-state index in [1.807, 2.05) is 24.3 Å². The van der Waals surface area contributed by atoms with Gasteiger partial charge in [-0.15, -0.1) is 0 Å². The Kier molecular flexibility index (Phi) is 6.23. The van der Waals surface area contributed by atoms with E-state index in [0.717, 1.165) is 38.4 Å². The van der Waals surface area contributed by atoms with Gasteiger partial charge in [0.25, 0.3) is 11.6 Å². The zero-order chi connectivity index (χ0) is 20.1. The number of nitro groups is 1. The van der Waals surface area contributed by atoms with Crippen molar-refractivity contribution in [3.05, 3.63) is 63.7 Å². The predicted octanol–water partition coefficient (Wildman–Crippen LogP) is 2.75. The topological polar surface area (TPSA) is 88.0 Å². The van der Waals surface area contributed by atoms with Crippen molar-refractivity contribution in [1.29, 1.82) is 0 Å². The van der Waals surface area contributed by atoms with Gasteiger partial charge in [0.1, 0.15) is 5.69 Å². The summed E-state index contributed by atoms with van der Waals surface area (Å²) in [6, 6.07) is 12.1. The van der Waals surface area contributed by atoms with Gasteiger partial charge in [0, 0.05) is 51.0 Å². The molecule has 0 unspecified atom stereocenters. The zero-order valence-corrected chi connectivity index (χ0v) is 16.1. The van der Waals surface area contributed by atoms with Crippen molar-refractivity contribution < 1.29 is 14.5 Å². The third-order valence-electron chi connectivity index (χ3n) is 4.64. The number of nitrogens with one attached hydrogen (secondary N) is 1. The van der Waals surface area contributed by atoms with Gasteiger partial charge in [0.2, 0.25) is 0 Å². The molecule has 1 saturated heterocycles. The van der Waals surface area contributed by atoms with Crippen molar-refractivity contribution in [3.63, 3.8) is 0 Å². The van der Waals surface area contributed by atoms with E-state index in [2.05, 4.69) is 10.2 Å². The molecule has 1 heterocycles. The quantitative estimate of drug-likeness (QED) is 0.609. The molecular weight excluding hydrogens is 360 g/mol. The minimum Gasteiger partial charge on any atom is -0.379 e. The molecule has 2 aromatic carbocycles. The maximum Gasteiger partial charge on any atom is 0.293 e. The summed E-state index contributed by atoms with van der Waals surface area (Å²) in [5, 5.41) is 14.1. The van der Waals surface area contributed by atoms with Crippen LogP contribution < -0.4 is 10.2 Å². The number of nitro benzene ring substituents is 1. The van der Waals surface area contributed by atoms with E-state index < -0.39 is 4.92 Å². The Morgan fingerprint density at radius 1 is 1.18 bits per heavy atom. The van der Waals surface area contributed by atoms with E-state index in [1.165, 1.54) is 6.07 Å². The Labute approximate surface area is 163 Å². The van der Waals surface area contributed by atoms with Crippen molar-refractivity contribution in [3.8, 4) is 0 Å². The Hall–Kier alpha value is -2.97. The van der Waals surface area contributed by atoms with Crippen molar-refractivity contribution in [2.45, 2.75) is 6.54 Å². The van der Waals surface area contributed by atoms with Crippen LogP contribution in [0.25, 0.3) is 0 Å². The minimum absolute atomic E-state index is 0.0986. The highest BCUT2D eigenvalue weighted by Gasteiger charge is 2.19. The second-order valence-corrected chi connectivity index (χ2v) is 6.89. The zero-order valence-electron chi connectivity index (χ0n) is 16.1. The fourth-order valence-electron chi connectivity index (χ4n) is 3.10. The molecule has 1 amide bonds. The summed E-state index contributed by atoms with van der Waals surface area (Å²) in [7, 11) is 3.45. The molecule has 8 nitrogen and oxygen atoms in total. The molecule has 28 heavy (non-hydrogen) atoms. The van der Waals surface area contributed by atoms with E-state index in [1.54, 1.807) is 31.1 Å². The number of hydrogen-bond donors (Lipinski definition) is 1. The van der Waals surface area contributed by atoms with Gasteiger partial charge in [-0.05, 0) is 29.8 Å². The molecule has 0 saturated carbocycles. The Balaban J connectivity index is 1.67.